The van der Waals surface area contributed by atoms with E-state index < -0.39 is 6.55 Å². The maximum Gasteiger partial charge on any atom is 0.320 e. The lowest BCUT2D eigenvalue weighted by Crippen LogP contribution is -2.54. The SMILES string of the molecule is C[C@@H](C(=O)NC1CC1)N1CCN([C@@H](C)c2nc3ccccc3n2C(F)F)CC1. The van der Waals surface area contributed by atoms with Gasteiger partial charge < -0.3 is 5.32 Å². The van der Waals surface area contributed by atoms with Crippen LogP contribution in [0.3, 0.4) is 0 Å². The molecular weight excluding hydrogens is 364 g/mol. The van der Waals surface area contributed by atoms with E-state index in [1.165, 1.54) is 0 Å². The number of hydrogen-bond acceptors (Lipinski definition) is 4. The van der Waals surface area contributed by atoms with Crippen molar-refractivity contribution in [3.05, 3.63) is 30.1 Å². The Morgan fingerprint density at radius 3 is 2.39 bits per heavy atom. The van der Waals surface area contributed by atoms with Gasteiger partial charge in [-0.2, -0.15) is 8.78 Å². The zero-order valence-corrected chi connectivity index (χ0v) is 16.3. The van der Waals surface area contributed by atoms with Crippen molar-refractivity contribution in [2.75, 3.05) is 26.2 Å². The monoisotopic (exact) mass is 391 g/mol. The molecule has 0 spiro atoms. The highest BCUT2D eigenvalue weighted by Gasteiger charge is 2.32. The van der Waals surface area contributed by atoms with Crippen LogP contribution in [0.1, 0.15) is 45.1 Å². The number of para-hydroxylation sites is 2. The van der Waals surface area contributed by atoms with Crippen molar-refractivity contribution in [1.82, 2.24) is 24.7 Å². The Balaban J connectivity index is 1.44. The first kappa shape index (κ1) is 19.3. The van der Waals surface area contributed by atoms with Gasteiger partial charge in [0.15, 0.2) is 0 Å². The molecule has 1 aromatic heterocycles. The van der Waals surface area contributed by atoms with Crippen molar-refractivity contribution in [3.63, 3.8) is 0 Å². The van der Waals surface area contributed by atoms with Crippen molar-refractivity contribution in [1.29, 1.82) is 0 Å². The summed E-state index contributed by atoms with van der Waals surface area (Å²) in [6.07, 6.45) is 2.16. The summed E-state index contributed by atoms with van der Waals surface area (Å²) in [7, 11) is 0. The number of benzene rings is 1. The van der Waals surface area contributed by atoms with E-state index in [4.69, 9.17) is 0 Å². The topological polar surface area (TPSA) is 53.4 Å². The predicted octanol–water partition coefficient (Wildman–Crippen LogP) is 2.78. The van der Waals surface area contributed by atoms with E-state index in [1.807, 2.05) is 19.9 Å². The molecule has 2 heterocycles. The second-order valence-electron chi connectivity index (χ2n) is 7.81. The molecule has 0 unspecified atom stereocenters. The first-order valence-corrected chi connectivity index (χ1v) is 9.99. The van der Waals surface area contributed by atoms with Crippen LogP contribution in [0.5, 0.6) is 0 Å². The zero-order valence-electron chi connectivity index (χ0n) is 16.3. The van der Waals surface area contributed by atoms with Crippen molar-refractivity contribution in [2.24, 2.45) is 0 Å². The number of amides is 1. The van der Waals surface area contributed by atoms with Gasteiger partial charge in [0.1, 0.15) is 5.82 Å². The molecule has 1 aliphatic heterocycles. The van der Waals surface area contributed by atoms with Crippen LogP contribution in [-0.4, -0.2) is 63.5 Å². The van der Waals surface area contributed by atoms with E-state index in [0.29, 0.717) is 36.0 Å². The lowest BCUT2D eigenvalue weighted by molar-refractivity contribution is -0.126. The van der Waals surface area contributed by atoms with Crippen LogP contribution >= 0.6 is 0 Å². The minimum absolute atomic E-state index is 0.0866. The summed E-state index contributed by atoms with van der Waals surface area (Å²) in [6.45, 7) is 4.14. The average Bonchev–Trinajstić information content (AvgIpc) is 3.42. The Kier molecular flexibility index (Phi) is 5.33. The Bertz CT molecular complexity index is 842. The molecule has 2 atom stereocenters. The fourth-order valence-corrected chi connectivity index (χ4v) is 3.95. The Morgan fingerprint density at radius 2 is 1.75 bits per heavy atom. The number of hydrogen-bond donors (Lipinski definition) is 1. The number of halogens is 2. The van der Waals surface area contributed by atoms with Crippen LogP contribution in [0.15, 0.2) is 24.3 Å². The number of nitrogens with zero attached hydrogens (tertiary/aromatic N) is 4. The van der Waals surface area contributed by atoms with Gasteiger partial charge in [-0.05, 0) is 38.8 Å². The van der Waals surface area contributed by atoms with Gasteiger partial charge in [0.05, 0.1) is 23.1 Å². The summed E-state index contributed by atoms with van der Waals surface area (Å²) >= 11 is 0. The predicted molar refractivity (Wildman–Crippen MR) is 103 cm³/mol. The highest BCUT2D eigenvalue weighted by atomic mass is 19.3. The number of alkyl halides is 2. The third-order valence-electron chi connectivity index (χ3n) is 5.94. The molecule has 2 aromatic rings. The summed E-state index contributed by atoms with van der Waals surface area (Å²) in [4.78, 5) is 21.1. The zero-order chi connectivity index (χ0) is 19.8. The summed E-state index contributed by atoms with van der Waals surface area (Å²) in [5.74, 6) is 0.479. The molecule has 1 amide bonds. The van der Waals surface area contributed by atoms with Crippen LogP contribution in [0, 0.1) is 0 Å². The van der Waals surface area contributed by atoms with Crippen molar-refractivity contribution >= 4 is 16.9 Å². The molecule has 1 aromatic carbocycles. The molecule has 1 aliphatic carbocycles. The van der Waals surface area contributed by atoms with E-state index in [0.717, 1.165) is 30.5 Å². The minimum Gasteiger partial charge on any atom is -0.352 e. The fraction of sp³-hybridized carbons (Fsp3) is 0.600. The normalized spacial score (nSPS) is 21.2. The molecule has 8 heteroatoms. The van der Waals surface area contributed by atoms with Gasteiger partial charge in [-0.3, -0.25) is 19.2 Å². The lowest BCUT2D eigenvalue weighted by atomic mass is 10.1. The van der Waals surface area contributed by atoms with Crippen molar-refractivity contribution < 1.29 is 13.6 Å². The van der Waals surface area contributed by atoms with E-state index in [1.54, 1.807) is 18.2 Å². The van der Waals surface area contributed by atoms with Crippen LogP contribution < -0.4 is 5.32 Å². The van der Waals surface area contributed by atoms with E-state index in [9.17, 15) is 13.6 Å². The summed E-state index contributed by atoms with van der Waals surface area (Å²) in [5, 5.41) is 3.05. The molecular formula is C20H27F2N5O. The molecule has 1 N–H and O–H groups in total. The highest BCUT2D eigenvalue weighted by molar-refractivity contribution is 5.81. The molecule has 28 heavy (non-hydrogen) atoms. The maximum absolute atomic E-state index is 13.7. The van der Waals surface area contributed by atoms with Crippen molar-refractivity contribution in [3.8, 4) is 0 Å². The molecule has 4 rings (SSSR count). The second kappa shape index (κ2) is 7.75. The van der Waals surface area contributed by atoms with Crippen LogP contribution in [0.4, 0.5) is 8.78 Å². The Morgan fingerprint density at radius 1 is 1.11 bits per heavy atom. The van der Waals surface area contributed by atoms with Gasteiger partial charge in [-0.15, -0.1) is 0 Å². The average molecular weight is 391 g/mol. The molecule has 2 fully saturated rings. The summed E-state index contributed by atoms with van der Waals surface area (Å²) < 4.78 is 28.5. The molecule has 1 saturated heterocycles. The number of rotatable bonds is 6. The van der Waals surface area contributed by atoms with Gasteiger partial charge in [-0.25, -0.2) is 4.98 Å². The van der Waals surface area contributed by atoms with Crippen LogP contribution in [0.25, 0.3) is 11.0 Å². The number of fused-ring (bicyclic) bond motifs is 1. The van der Waals surface area contributed by atoms with Gasteiger partial charge in [0.25, 0.3) is 0 Å². The fourth-order valence-electron chi connectivity index (χ4n) is 3.95. The summed E-state index contributed by atoms with van der Waals surface area (Å²) in [6, 6.07) is 6.99. The van der Waals surface area contributed by atoms with Crippen molar-refractivity contribution in [2.45, 2.75) is 51.4 Å². The first-order chi connectivity index (χ1) is 13.5. The Hall–Kier alpha value is -2.06. The Labute approximate surface area is 163 Å². The van der Waals surface area contributed by atoms with E-state index in [-0.39, 0.29) is 18.0 Å². The minimum atomic E-state index is -2.63. The molecule has 152 valence electrons. The molecule has 0 radical (unpaired) electrons. The third kappa shape index (κ3) is 3.75. The number of carbonyl (C=O) groups is 1. The largest absolute Gasteiger partial charge is 0.352 e. The summed E-state index contributed by atoms with van der Waals surface area (Å²) in [5.41, 5.74) is 1.05. The molecule has 6 nitrogen and oxygen atoms in total. The quantitative estimate of drug-likeness (QED) is 0.823. The smallest absolute Gasteiger partial charge is 0.320 e. The number of carbonyl (C=O) groups excluding carboxylic acids is 1. The number of aromatic nitrogens is 2. The van der Waals surface area contributed by atoms with Gasteiger partial charge in [-0.1, -0.05) is 12.1 Å². The highest BCUT2D eigenvalue weighted by Crippen LogP contribution is 2.30. The molecule has 2 aliphatic rings. The molecule has 1 saturated carbocycles. The van der Waals surface area contributed by atoms with Gasteiger partial charge in [0.2, 0.25) is 5.91 Å². The first-order valence-electron chi connectivity index (χ1n) is 9.99. The van der Waals surface area contributed by atoms with Gasteiger partial charge in [0, 0.05) is 32.2 Å². The van der Waals surface area contributed by atoms with Crippen LogP contribution in [0.2, 0.25) is 0 Å². The number of imidazole rings is 1. The second-order valence-corrected chi connectivity index (χ2v) is 7.81. The number of piperazine rings is 1. The van der Waals surface area contributed by atoms with Crippen LogP contribution in [-0.2, 0) is 4.79 Å². The van der Waals surface area contributed by atoms with E-state index in [2.05, 4.69) is 20.1 Å². The van der Waals surface area contributed by atoms with E-state index >= 15 is 0 Å². The van der Waals surface area contributed by atoms with Gasteiger partial charge >= 0.3 is 6.55 Å². The third-order valence-corrected chi connectivity index (χ3v) is 5.94. The maximum atomic E-state index is 13.7. The number of nitrogens with one attached hydrogen (secondary N) is 1. The lowest BCUT2D eigenvalue weighted by Gasteiger charge is -2.39. The standard InChI is InChI=1S/C20H27F2N5O/c1-13(18-24-16-5-3-4-6-17(16)27(18)20(21)22)25-9-11-26(12-10-25)14(2)19(28)23-15-7-8-15/h3-6,13-15,20H,7-12H2,1-2H3,(H,23,28)/t13-,14-/m0/s1. The molecule has 0 bridgehead atoms.